The largest absolute Gasteiger partial charge is 0.495 e. The molecule has 10 heteroatoms. The number of nitrogens with zero attached hydrogens (tertiary/aromatic N) is 2. The number of carbonyl (C=O) groups is 2. The molecular formula is C30H34FN3O5S. The average Bonchev–Trinajstić information content (AvgIpc) is 2.96. The molecule has 0 aromatic heterocycles. The number of hydrogen-bond donors (Lipinski definition) is 1. The van der Waals surface area contributed by atoms with E-state index in [9.17, 15) is 22.4 Å². The van der Waals surface area contributed by atoms with E-state index in [1.807, 2.05) is 31.2 Å². The second-order valence-electron chi connectivity index (χ2n) is 9.80. The summed E-state index contributed by atoms with van der Waals surface area (Å²) in [6.45, 7) is 3.44. The molecule has 1 amide bonds. The maximum absolute atomic E-state index is 14.0. The summed E-state index contributed by atoms with van der Waals surface area (Å²) >= 11 is 0. The third kappa shape index (κ3) is 6.86. The Morgan fingerprint density at radius 3 is 2.35 bits per heavy atom. The van der Waals surface area contributed by atoms with Crippen LogP contribution in [-0.2, 0) is 16.6 Å². The van der Waals surface area contributed by atoms with Gasteiger partial charge in [-0.25, -0.2) is 17.5 Å². The van der Waals surface area contributed by atoms with E-state index in [2.05, 4.69) is 9.62 Å². The van der Waals surface area contributed by atoms with Crippen molar-refractivity contribution in [1.82, 2.24) is 4.72 Å². The SMILES string of the molecule is CCN(C(=O)c1ccc(CNS(C)(=O)=O)cc1N1CCC(C(=O)c2ccc(F)cc2)CC1)c1ccccc1OC. The van der Waals surface area contributed by atoms with E-state index < -0.39 is 10.0 Å². The van der Waals surface area contributed by atoms with Crippen molar-refractivity contribution in [3.05, 3.63) is 89.2 Å². The highest BCUT2D eigenvalue weighted by Gasteiger charge is 2.29. The van der Waals surface area contributed by atoms with E-state index in [-0.39, 0.29) is 30.0 Å². The molecule has 1 aliphatic rings. The molecule has 8 nitrogen and oxygen atoms in total. The van der Waals surface area contributed by atoms with Gasteiger partial charge < -0.3 is 14.5 Å². The van der Waals surface area contributed by atoms with Gasteiger partial charge in [0.2, 0.25) is 10.0 Å². The second-order valence-corrected chi connectivity index (χ2v) is 11.6. The lowest BCUT2D eigenvalue weighted by atomic mass is 9.88. The van der Waals surface area contributed by atoms with Gasteiger partial charge in [-0.3, -0.25) is 9.59 Å². The first kappa shape index (κ1) is 29.2. The molecule has 1 saturated heterocycles. The number of Topliss-reactive ketones (excluding diaryl/α,β-unsaturated/α-hetero) is 1. The van der Waals surface area contributed by atoms with Crippen molar-refractivity contribution in [3.63, 3.8) is 0 Å². The maximum Gasteiger partial charge on any atom is 0.260 e. The standard InChI is InChI=1S/C30H34FN3O5S/c1-4-34(26-7-5-6-8-28(26)39-2)30(36)25-14-9-21(20-32-40(3,37)38)19-27(25)33-17-15-23(16-18-33)29(35)22-10-12-24(31)13-11-22/h5-14,19,23,32H,4,15-18,20H2,1-3H3. The number of amides is 1. The molecule has 1 N–H and O–H groups in total. The first-order chi connectivity index (χ1) is 19.1. The second kappa shape index (κ2) is 12.6. The van der Waals surface area contributed by atoms with Crippen LogP contribution in [0.15, 0.2) is 66.7 Å². The number of nitrogens with one attached hydrogen (secondary N) is 1. The Balaban J connectivity index is 1.63. The van der Waals surface area contributed by atoms with Crippen LogP contribution in [0.2, 0.25) is 0 Å². The van der Waals surface area contributed by atoms with E-state index in [1.54, 1.807) is 30.2 Å². The molecule has 0 bridgehead atoms. The third-order valence-corrected chi connectivity index (χ3v) is 7.77. The van der Waals surface area contributed by atoms with E-state index in [4.69, 9.17) is 4.74 Å². The molecular weight excluding hydrogens is 533 g/mol. The van der Waals surface area contributed by atoms with Crippen LogP contribution in [-0.4, -0.2) is 53.1 Å². The number of carbonyl (C=O) groups excluding carboxylic acids is 2. The van der Waals surface area contributed by atoms with Crippen LogP contribution in [0.25, 0.3) is 0 Å². The highest BCUT2D eigenvalue weighted by molar-refractivity contribution is 7.88. The normalized spacial score (nSPS) is 14.2. The molecule has 0 saturated carbocycles. The Labute approximate surface area is 234 Å². The summed E-state index contributed by atoms with van der Waals surface area (Å²) in [6.07, 6.45) is 2.24. The van der Waals surface area contributed by atoms with Gasteiger partial charge in [-0.1, -0.05) is 18.2 Å². The van der Waals surface area contributed by atoms with Gasteiger partial charge >= 0.3 is 0 Å². The van der Waals surface area contributed by atoms with Crippen molar-refractivity contribution in [2.45, 2.75) is 26.3 Å². The number of benzene rings is 3. The van der Waals surface area contributed by atoms with Gasteiger partial charge in [0.05, 0.1) is 24.6 Å². The Morgan fingerprint density at radius 2 is 1.73 bits per heavy atom. The number of methoxy groups -OCH3 is 1. The zero-order valence-corrected chi connectivity index (χ0v) is 23.7. The van der Waals surface area contributed by atoms with Gasteiger partial charge in [0.25, 0.3) is 5.91 Å². The quantitative estimate of drug-likeness (QED) is 0.359. The Hall–Kier alpha value is -3.76. The van der Waals surface area contributed by atoms with E-state index >= 15 is 0 Å². The van der Waals surface area contributed by atoms with Crippen molar-refractivity contribution >= 4 is 33.1 Å². The molecule has 3 aromatic rings. The molecule has 0 atom stereocenters. The van der Waals surface area contributed by atoms with Gasteiger partial charge in [0.15, 0.2) is 5.78 Å². The smallest absolute Gasteiger partial charge is 0.260 e. The predicted octanol–water partition coefficient (Wildman–Crippen LogP) is 4.65. The van der Waals surface area contributed by atoms with Gasteiger partial charge in [-0.2, -0.15) is 0 Å². The van der Waals surface area contributed by atoms with Crippen LogP contribution >= 0.6 is 0 Å². The molecule has 4 rings (SSSR count). The number of ether oxygens (including phenoxy) is 1. The summed E-state index contributed by atoms with van der Waals surface area (Å²) in [7, 11) is -1.85. The van der Waals surface area contributed by atoms with Gasteiger partial charge in [-0.05, 0) is 73.9 Å². The number of anilines is 2. The number of hydrogen-bond acceptors (Lipinski definition) is 6. The van der Waals surface area contributed by atoms with E-state index in [0.29, 0.717) is 66.3 Å². The Morgan fingerprint density at radius 1 is 1.05 bits per heavy atom. The minimum Gasteiger partial charge on any atom is -0.495 e. The summed E-state index contributed by atoms with van der Waals surface area (Å²) in [6, 6.07) is 18.2. The highest BCUT2D eigenvalue weighted by Crippen LogP contribution is 2.33. The summed E-state index contributed by atoms with van der Waals surface area (Å²) in [5.74, 6) is -0.252. The van der Waals surface area contributed by atoms with Crippen molar-refractivity contribution in [3.8, 4) is 5.75 Å². The fourth-order valence-corrected chi connectivity index (χ4v) is 5.43. The van der Waals surface area contributed by atoms with Gasteiger partial charge in [0.1, 0.15) is 11.6 Å². The first-order valence-electron chi connectivity index (χ1n) is 13.2. The Kier molecular flexibility index (Phi) is 9.21. The number of sulfonamides is 1. The van der Waals surface area contributed by atoms with E-state index in [0.717, 1.165) is 6.26 Å². The molecule has 1 aliphatic heterocycles. The van der Waals surface area contributed by atoms with Crippen LogP contribution in [0, 0.1) is 11.7 Å². The number of piperidine rings is 1. The number of rotatable bonds is 10. The highest BCUT2D eigenvalue weighted by atomic mass is 32.2. The van der Waals surface area contributed by atoms with Crippen LogP contribution in [0.4, 0.5) is 15.8 Å². The molecule has 212 valence electrons. The summed E-state index contributed by atoms with van der Waals surface area (Å²) in [5.41, 5.74) is 3.00. The lowest BCUT2D eigenvalue weighted by Crippen LogP contribution is -2.39. The lowest BCUT2D eigenvalue weighted by Gasteiger charge is -2.35. The first-order valence-corrected chi connectivity index (χ1v) is 15.1. The maximum atomic E-state index is 14.0. The van der Waals surface area contributed by atoms with Gasteiger partial charge in [0, 0.05) is 43.3 Å². The average molecular weight is 568 g/mol. The zero-order chi connectivity index (χ0) is 28.9. The zero-order valence-electron chi connectivity index (χ0n) is 22.9. The molecule has 3 aromatic carbocycles. The molecule has 1 fully saturated rings. The minimum atomic E-state index is -3.41. The third-order valence-electron chi connectivity index (χ3n) is 7.10. The number of halogens is 1. The molecule has 0 unspecified atom stereocenters. The van der Waals surface area contributed by atoms with Crippen molar-refractivity contribution in [1.29, 1.82) is 0 Å². The Bertz CT molecular complexity index is 1470. The number of ketones is 1. The molecule has 40 heavy (non-hydrogen) atoms. The molecule has 0 radical (unpaired) electrons. The summed E-state index contributed by atoms with van der Waals surface area (Å²) in [4.78, 5) is 30.7. The van der Waals surface area contributed by atoms with Crippen molar-refractivity contribution in [2.75, 3.05) is 42.8 Å². The summed E-state index contributed by atoms with van der Waals surface area (Å²) < 4.78 is 44.7. The lowest BCUT2D eigenvalue weighted by molar-refractivity contribution is 0.0899. The monoisotopic (exact) mass is 567 g/mol. The van der Waals surface area contributed by atoms with Crippen LogP contribution in [0.3, 0.4) is 0 Å². The fourth-order valence-electron chi connectivity index (χ4n) is 5.00. The summed E-state index contributed by atoms with van der Waals surface area (Å²) in [5, 5.41) is 0. The van der Waals surface area contributed by atoms with E-state index in [1.165, 1.54) is 24.3 Å². The number of para-hydroxylation sites is 2. The van der Waals surface area contributed by atoms with Crippen LogP contribution in [0.1, 0.15) is 46.0 Å². The van der Waals surface area contributed by atoms with Crippen molar-refractivity contribution in [2.24, 2.45) is 5.92 Å². The molecule has 1 heterocycles. The molecule has 0 aliphatic carbocycles. The van der Waals surface area contributed by atoms with Crippen molar-refractivity contribution < 1.29 is 27.1 Å². The predicted molar refractivity (Wildman–Crippen MR) is 154 cm³/mol. The van der Waals surface area contributed by atoms with Crippen LogP contribution < -0.4 is 19.3 Å². The fraction of sp³-hybridized carbons (Fsp3) is 0.333. The molecule has 0 spiro atoms. The topological polar surface area (TPSA) is 96.0 Å². The minimum absolute atomic E-state index is 0.0182. The van der Waals surface area contributed by atoms with Crippen LogP contribution in [0.5, 0.6) is 5.75 Å². The van der Waals surface area contributed by atoms with Gasteiger partial charge in [-0.15, -0.1) is 0 Å².